The maximum atomic E-state index is 5.47. The molecule has 3 aromatic heterocycles. The van der Waals surface area contributed by atoms with Crippen LogP contribution in [0.5, 0.6) is 0 Å². The van der Waals surface area contributed by atoms with Crippen LogP contribution < -0.4 is 0 Å². The summed E-state index contributed by atoms with van der Waals surface area (Å²) in [6.07, 6.45) is 0. The number of aromatic nitrogens is 4. The highest BCUT2D eigenvalue weighted by atomic mass is 15.0. The van der Waals surface area contributed by atoms with Crippen LogP contribution in [0.2, 0.25) is 0 Å². The SMILES string of the molecule is c1ccc(-c2ccc(-c3nc(-c4cccc(-c5ccccc5)c4)c4cc(-n5c6ccccc6c6cc7c8c9ccccc9c(-c9ccccc9)cc8n(-c8ccccc8)c7cc65)ccc4n3)cc2)cc1. The predicted octanol–water partition coefficient (Wildman–Crippen LogP) is 17.3. The van der Waals surface area contributed by atoms with Crippen molar-refractivity contribution >= 4 is 65.3 Å². The lowest BCUT2D eigenvalue weighted by molar-refractivity contribution is 1.16. The van der Waals surface area contributed by atoms with E-state index >= 15 is 0 Å². The Labute approximate surface area is 404 Å². The van der Waals surface area contributed by atoms with Gasteiger partial charge in [0, 0.05) is 49.4 Å². The molecule has 0 atom stereocenters. The van der Waals surface area contributed by atoms with Crippen LogP contribution in [0.3, 0.4) is 0 Å². The van der Waals surface area contributed by atoms with Crippen LogP contribution in [-0.2, 0) is 0 Å². The molecule has 0 unspecified atom stereocenters. The largest absolute Gasteiger partial charge is 0.309 e. The lowest BCUT2D eigenvalue weighted by atomic mass is 9.94. The highest BCUT2D eigenvalue weighted by Gasteiger charge is 2.22. The van der Waals surface area contributed by atoms with Gasteiger partial charge in [0.05, 0.1) is 33.3 Å². The first kappa shape index (κ1) is 39.8. The molecule has 0 fully saturated rings. The van der Waals surface area contributed by atoms with E-state index in [4.69, 9.17) is 9.97 Å². The molecule has 0 aliphatic rings. The zero-order chi connectivity index (χ0) is 46.1. The maximum absolute atomic E-state index is 5.47. The van der Waals surface area contributed by atoms with Crippen molar-refractivity contribution in [2.45, 2.75) is 0 Å². The first-order valence-corrected chi connectivity index (χ1v) is 23.9. The van der Waals surface area contributed by atoms with E-state index in [1.54, 1.807) is 0 Å². The third-order valence-electron chi connectivity index (χ3n) is 14.1. The van der Waals surface area contributed by atoms with Crippen molar-refractivity contribution in [2.24, 2.45) is 0 Å². The highest BCUT2D eigenvalue weighted by molar-refractivity contribution is 6.27. The molecule has 4 nitrogen and oxygen atoms in total. The molecule has 0 saturated carbocycles. The Morgan fingerprint density at radius 2 is 0.814 bits per heavy atom. The smallest absolute Gasteiger partial charge is 0.160 e. The monoisotopic (exact) mass is 890 g/mol. The second-order valence-electron chi connectivity index (χ2n) is 18.1. The molecule has 14 aromatic rings. The van der Waals surface area contributed by atoms with E-state index in [0.29, 0.717) is 5.82 Å². The fraction of sp³-hybridized carbons (Fsp3) is 0. The zero-order valence-corrected chi connectivity index (χ0v) is 38.0. The molecule has 326 valence electrons. The van der Waals surface area contributed by atoms with Crippen LogP contribution in [0.1, 0.15) is 0 Å². The average molecular weight is 891 g/mol. The summed E-state index contributed by atoms with van der Waals surface area (Å²) < 4.78 is 4.90. The molecular weight excluding hydrogens is 849 g/mol. The Morgan fingerprint density at radius 1 is 0.257 bits per heavy atom. The average Bonchev–Trinajstić information content (AvgIpc) is 3.94. The third-order valence-corrected chi connectivity index (χ3v) is 14.1. The molecule has 4 heteroatoms. The molecular formula is C66H42N4. The van der Waals surface area contributed by atoms with E-state index < -0.39 is 0 Å². The van der Waals surface area contributed by atoms with Crippen LogP contribution in [0.15, 0.2) is 255 Å². The Bertz CT molecular complexity index is 4310. The quantitative estimate of drug-likeness (QED) is 0.160. The van der Waals surface area contributed by atoms with Crippen LogP contribution in [0, 0.1) is 0 Å². The van der Waals surface area contributed by atoms with E-state index in [9.17, 15) is 0 Å². The predicted molar refractivity (Wildman–Crippen MR) is 293 cm³/mol. The number of benzene rings is 11. The maximum Gasteiger partial charge on any atom is 0.160 e. The molecule has 0 bridgehead atoms. The fourth-order valence-corrected chi connectivity index (χ4v) is 10.9. The summed E-state index contributed by atoms with van der Waals surface area (Å²) in [7, 11) is 0. The Morgan fingerprint density at radius 3 is 1.56 bits per heavy atom. The van der Waals surface area contributed by atoms with Gasteiger partial charge in [0.15, 0.2) is 5.82 Å². The minimum Gasteiger partial charge on any atom is -0.309 e. The second kappa shape index (κ2) is 16.2. The van der Waals surface area contributed by atoms with Crippen molar-refractivity contribution in [3.05, 3.63) is 255 Å². The lowest BCUT2D eigenvalue weighted by Gasteiger charge is -2.14. The van der Waals surface area contributed by atoms with Crippen LogP contribution >= 0.6 is 0 Å². The molecule has 0 amide bonds. The first-order chi connectivity index (χ1) is 34.7. The van der Waals surface area contributed by atoms with Crippen LogP contribution in [0.4, 0.5) is 0 Å². The van der Waals surface area contributed by atoms with Crippen molar-refractivity contribution < 1.29 is 0 Å². The van der Waals surface area contributed by atoms with Gasteiger partial charge in [-0.2, -0.15) is 0 Å². The third kappa shape index (κ3) is 6.46. The minimum atomic E-state index is 0.691. The van der Waals surface area contributed by atoms with Gasteiger partial charge in [0.1, 0.15) is 0 Å². The van der Waals surface area contributed by atoms with Gasteiger partial charge in [0.25, 0.3) is 0 Å². The van der Waals surface area contributed by atoms with Gasteiger partial charge in [-0.25, -0.2) is 9.97 Å². The molecule has 0 spiro atoms. The summed E-state index contributed by atoms with van der Waals surface area (Å²) in [4.78, 5) is 10.8. The Balaban J connectivity index is 1.02. The van der Waals surface area contributed by atoms with E-state index in [-0.39, 0.29) is 0 Å². The number of nitrogens with zero attached hydrogens (tertiary/aromatic N) is 4. The molecule has 14 rings (SSSR count). The Kier molecular flexibility index (Phi) is 9.17. The summed E-state index contributed by atoms with van der Waals surface area (Å²) in [5, 5.41) is 8.35. The van der Waals surface area contributed by atoms with Gasteiger partial charge in [-0.15, -0.1) is 0 Å². The topological polar surface area (TPSA) is 35.6 Å². The molecule has 0 N–H and O–H groups in total. The second-order valence-corrected chi connectivity index (χ2v) is 18.1. The van der Waals surface area contributed by atoms with Crippen molar-refractivity contribution in [3.63, 3.8) is 0 Å². The molecule has 0 saturated heterocycles. The van der Waals surface area contributed by atoms with E-state index in [0.717, 1.165) is 72.3 Å². The normalized spacial score (nSPS) is 11.7. The number of hydrogen-bond acceptors (Lipinski definition) is 2. The van der Waals surface area contributed by atoms with Crippen molar-refractivity contribution in [2.75, 3.05) is 0 Å². The summed E-state index contributed by atoms with van der Waals surface area (Å²) in [6.45, 7) is 0. The van der Waals surface area contributed by atoms with Gasteiger partial charge in [-0.3, -0.25) is 0 Å². The van der Waals surface area contributed by atoms with Crippen molar-refractivity contribution in [1.29, 1.82) is 0 Å². The van der Waals surface area contributed by atoms with Crippen molar-refractivity contribution in [1.82, 2.24) is 19.1 Å². The fourth-order valence-electron chi connectivity index (χ4n) is 10.9. The molecule has 11 aromatic carbocycles. The highest BCUT2D eigenvalue weighted by Crippen LogP contribution is 2.45. The van der Waals surface area contributed by atoms with Gasteiger partial charge in [-0.05, 0) is 105 Å². The lowest BCUT2D eigenvalue weighted by Crippen LogP contribution is -1.99. The van der Waals surface area contributed by atoms with Gasteiger partial charge in [0.2, 0.25) is 0 Å². The number of rotatable bonds is 7. The summed E-state index contributed by atoms with van der Waals surface area (Å²) >= 11 is 0. The number of fused-ring (bicyclic) bond motifs is 9. The minimum absolute atomic E-state index is 0.691. The molecule has 3 heterocycles. The standard InChI is InChI=1S/C66H42N4/c1-5-18-43(19-6-1)45-32-34-47(35-33-45)66-67-59-37-36-51(39-57(59)65(68-66)49-25-17-24-48(38-49)44-20-7-2-8-21-44)70-60-31-16-15-29-53(60)56-40-58-62(42-61(56)70)69(50-26-11-4-12-27-50)63-41-55(46-22-9-3-10-23-46)52-28-13-14-30-54(52)64(58)63/h1-42H. The summed E-state index contributed by atoms with van der Waals surface area (Å²) in [6, 6.07) is 91.7. The molecule has 70 heavy (non-hydrogen) atoms. The van der Waals surface area contributed by atoms with Crippen LogP contribution in [0.25, 0.3) is 133 Å². The first-order valence-electron chi connectivity index (χ1n) is 23.9. The van der Waals surface area contributed by atoms with Gasteiger partial charge < -0.3 is 9.13 Å². The Hall–Kier alpha value is -9.38. The molecule has 0 aliphatic carbocycles. The molecule has 0 radical (unpaired) electrons. The van der Waals surface area contributed by atoms with E-state index in [1.165, 1.54) is 54.5 Å². The number of hydrogen-bond donors (Lipinski definition) is 0. The zero-order valence-electron chi connectivity index (χ0n) is 38.0. The summed E-state index contributed by atoms with van der Waals surface area (Å²) in [5.41, 5.74) is 17.6. The van der Waals surface area contributed by atoms with Gasteiger partial charge in [-0.1, -0.05) is 194 Å². The molecule has 0 aliphatic heterocycles. The summed E-state index contributed by atoms with van der Waals surface area (Å²) in [5.74, 6) is 0.691. The van der Waals surface area contributed by atoms with Gasteiger partial charge >= 0.3 is 0 Å². The number of para-hydroxylation sites is 2. The van der Waals surface area contributed by atoms with E-state index in [2.05, 4.69) is 264 Å². The van der Waals surface area contributed by atoms with Crippen LogP contribution in [-0.4, -0.2) is 19.1 Å². The van der Waals surface area contributed by atoms with E-state index in [1.807, 2.05) is 0 Å². The van der Waals surface area contributed by atoms with Crippen molar-refractivity contribution in [3.8, 4) is 67.4 Å².